The molecule has 0 amide bonds. The summed E-state index contributed by atoms with van der Waals surface area (Å²) in [6.07, 6.45) is 0. The molecule has 27 heavy (non-hydrogen) atoms. The van der Waals surface area contributed by atoms with Gasteiger partial charge in [-0.1, -0.05) is 91.0 Å². The third-order valence-corrected chi connectivity index (χ3v) is 9.70. The molecule has 4 aromatic rings. The van der Waals surface area contributed by atoms with Crippen LogP contribution < -0.4 is 9.92 Å². The molecule has 1 aromatic heterocycles. The first-order chi connectivity index (χ1) is 13.3. The fourth-order valence-corrected chi connectivity index (χ4v) is 8.55. The van der Waals surface area contributed by atoms with Gasteiger partial charge in [0.05, 0.1) is 4.62 Å². The number of benzene rings is 3. The van der Waals surface area contributed by atoms with Gasteiger partial charge in [-0.3, -0.25) is 0 Å². The van der Waals surface area contributed by atoms with Crippen LogP contribution in [-0.4, -0.2) is 0 Å². The van der Waals surface area contributed by atoms with Gasteiger partial charge < -0.3 is 4.57 Å². The van der Waals surface area contributed by atoms with E-state index in [4.69, 9.17) is 0 Å². The number of thiophene rings is 1. The van der Waals surface area contributed by atoms with E-state index < -0.39 is 7.14 Å². The maximum atomic E-state index is 14.8. The molecule has 0 radical (unpaired) electrons. The molecule has 1 unspecified atom stereocenters. The van der Waals surface area contributed by atoms with Crippen molar-refractivity contribution < 1.29 is 4.57 Å². The van der Waals surface area contributed by atoms with Gasteiger partial charge in [0.2, 0.25) is 0 Å². The second kappa shape index (κ2) is 6.49. The Morgan fingerprint density at radius 1 is 0.630 bits per heavy atom. The standard InChI is InChI=1S/C24H17OPS/c25-26(22-16-9-17-27-22)21-15-8-7-14-20(21)23(18-10-3-1-4-11-18)24(26)19-12-5-2-6-13-19/h1-17H. The summed E-state index contributed by atoms with van der Waals surface area (Å²) in [4.78, 5) is 0. The van der Waals surface area contributed by atoms with Crippen LogP contribution in [0, 0.1) is 0 Å². The summed E-state index contributed by atoms with van der Waals surface area (Å²) in [5.41, 5.74) is 4.32. The van der Waals surface area contributed by atoms with Crippen LogP contribution in [0.2, 0.25) is 0 Å². The second-order valence-corrected chi connectivity index (χ2v) is 10.4. The zero-order valence-electron chi connectivity index (χ0n) is 14.6. The van der Waals surface area contributed by atoms with Gasteiger partial charge in [-0.15, -0.1) is 11.3 Å². The molecule has 2 heterocycles. The largest absolute Gasteiger partial charge is 0.308 e. The van der Waals surface area contributed by atoms with E-state index in [-0.39, 0.29) is 0 Å². The lowest BCUT2D eigenvalue weighted by atomic mass is 9.96. The molecule has 1 aliphatic heterocycles. The average molecular weight is 384 g/mol. The van der Waals surface area contributed by atoms with Crippen LogP contribution >= 0.6 is 18.5 Å². The Morgan fingerprint density at radius 2 is 1.26 bits per heavy atom. The number of rotatable bonds is 3. The van der Waals surface area contributed by atoms with Crippen LogP contribution in [0.1, 0.15) is 16.7 Å². The molecule has 0 bridgehead atoms. The van der Waals surface area contributed by atoms with E-state index in [9.17, 15) is 4.57 Å². The monoisotopic (exact) mass is 384 g/mol. The lowest BCUT2D eigenvalue weighted by molar-refractivity contribution is 0.593. The fraction of sp³-hybridized carbons (Fsp3) is 0. The van der Waals surface area contributed by atoms with Gasteiger partial charge >= 0.3 is 0 Å². The van der Waals surface area contributed by atoms with E-state index in [0.717, 1.165) is 37.5 Å². The molecule has 3 heteroatoms. The highest BCUT2D eigenvalue weighted by molar-refractivity contribution is 7.92. The summed E-state index contributed by atoms with van der Waals surface area (Å²) >= 11 is 1.58. The van der Waals surface area contributed by atoms with E-state index >= 15 is 0 Å². The van der Waals surface area contributed by atoms with Crippen molar-refractivity contribution in [2.24, 2.45) is 0 Å². The minimum atomic E-state index is -2.92. The quantitative estimate of drug-likeness (QED) is 0.396. The summed E-state index contributed by atoms with van der Waals surface area (Å²) in [5.74, 6) is 0. The van der Waals surface area contributed by atoms with E-state index in [0.29, 0.717) is 0 Å². The molecule has 1 atom stereocenters. The number of hydrogen-bond acceptors (Lipinski definition) is 2. The van der Waals surface area contributed by atoms with Crippen molar-refractivity contribution in [1.82, 2.24) is 0 Å². The normalized spacial score (nSPS) is 18.5. The Kier molecular flexibility index (Phi) is 3.97. The fourth-order valence-electron chi connectivity index (χ4n) is 3.86. The summed E-state index contributed by atoms with van der Waals surface area (Å²) in [6, 6.07) is 32.7. The van der Waals surface area contributed by atoms with Crippen molar-refractivity contribution in [2.75, 3.05) is 0 Å². The predicted molar refractivity (Wildman–Crippen MR) is 116 cm³/mol. The molecule has 0 spiro atoms. The van der Waals surface area contributed by atoms with E-state index in [2.05, 4.69) is 30.3 Å². The van der Waals surface area contributed by atoms with Crippen molar-refractivity contribution in [3.8, 4) is 0 Å². The molecule has 0 N–H and O–H groups in total. The van der Waals surface area contributed by atoms with Gasteiger partial charge in [0.25, 0.3) is 0 Å². The minimum Gasteiger partial charge on any atom is -0.308 e. The Labute approximate surface area is 163 Å². The Hall–Kier alpha value is -2.67. The first-order valence-electron chi connectivity index (χ1n) is 8.90. The van der Waals surface area contributed by atoms with Gasteiger partial charge in [-0.05, 0) is 28.1 Å². The highest BCUT2D eigenvalue weighted by atomic mass is 32.1. The number of fused-ring (bicyclic) bond motifs is 1. The maximum Gasteiger partial charge on any atom is 0.182 e. The first kappa shape index (κ1) is 16.5. The zero-order chi connectivity index (χ0) is 18.3. The Balaban J connectivity index is 1.94. The van der Waals surface area contributed by atoms with E-state index in [1.165, 1.54) is 0 Å². The maximum absolute atomic E-state index is 14.8. The van der Waals surface area contributed by atoms with Crippen LogP contribution in [0.4, 0.5) is 0 Å². The predicted octanol–water partition coefficient (Wildman–Crippen LogP) is 5.99. The SMILES string of the molecule is O=P1(c2cccs2)C(c2ccccc2)=C(c2ccccc2)c2ccccc21. The average Bonchev–Trinajstić information content (AvgIpc) is 3.36. The van der Waals surface area contributed by atoms with Gasteiger partial charge in [0.15, 0.2) is 7.14 Å². The smallest absolute Gasteiger partial charge is 0.182 e. The molecule has 0 saturated heterocycles. The molecule has 1 aliphatic rings. The molecule has 0 saturated carbocycles. The van der Waals surface area contributed by atoms with Crippen LogP contribution in [-0.2, 0) is 4.57 Å². The summed E-state index contributed by atoms with van der Waals surface area (Å²) < 4.78 is 15.7. The Morgan fingerprint density at radius 3 is 1.93 bits per heavy atom. The first-order valence-corrected chi connectivity index (χ1v) is 11.5. The summed E-state index contributed by atoms with van der Waals surface area (Å²) in [6.45, 7) is 0. The lowest BCUT2D eigenvalue weighted by Crippen LogP contribution is -2.12. The van der Waals surface area contributed by atoms with Crippen molar-refractivity contribution in [2.45, 2.75) is 0 Å². The molecule has 130 valence electrons. The highest BCUT2D eigenvalue weighted by Gasteiger charge is 2.43. The van der Waals surface area contributed by atoms with Crippen LogP contribution in [0.5, 0.6) is 0 Å². The zero-order valence-corrected chi connectivity index (χ0v) is 16.3. The molecule has 3 aromatic carbocycles. The van der Waals surface area contributed by atoms with Crippen molar-refractivity contribution in [3.05, 3.63) is 119 Å². The highest BCUT2D eigenvalue weighted by Crippen LogP contribution is 2.65. The molecular formula is C24H17OPS. The summed E-state index contributed by atoms with van der Waals surface area (Å²) in [7, 11) is -2.92. The van der Waals surface area contributed by atoms with Gasteiger partial charge in [-0.2, -0.15) is 0 Å². The van der Waals surface area contributed by atoms with Crippen LogP contribution in [0.25, 0.3) is 10.9 Å². The third-order valence-electron chi connectivity index (χ3n) is 4.99. The van der Waals surface area contributed by atoms with Crippen molar-refractivity contribution in [3.63, 3.8) is 0 Å². The van der Waals surface area contributed by atoms with Crippen LogP contribution in [0.3, 0.4) is 0 Å². The molecule has 1 nitrogen and oxygen atoms in total. The minimum absolute atomic E-state index is 0.944. The summed E-state index contributed by atoms with van der Waals surface area (Å²) in [5, 5.41) is 3.92. The number of hydrogen-bond donors (Lipinski definition) is 0. The Bertz CT molecular complexity index is 1180. The van der Waals surface area contributed by atoms with Crippen molar-refractivity contribution >= 4 is 39.3 Å². The second-order valence-electron chi connectivity index (χ2n) is 6.53. The van der Waals surface area contributed by atoms with Crippen molar-refractivity contribution in [1.29, 1.82) is 0 Å². The molecule has 5 rings (SSSR count). The van der Waals surface area contributed by atoms with E-state index in [1.807, 2.05) is 72.1 Å². The van der Waals surface area contributed by atoms with E-state index in [1.54, 1.807) is 11.3 Å². The molecular weight excluding hydrogens is 367 g/mol. The van der Waals surface area contributed by atoms with Gasteiger partial charge in [-0.25, -0.2) is 0 Å². The topological polar surface area (TPSA) is 17.1 Å². The molecule has 0 fully saturated rings. The third kappa shape index (κ3) is 2.49. The van der Waals surface area contributed by atoms with Gasteiger partial charge in [0.1, 0.15) is 0 Å². The van der Waals surface area contributed by atoms with Gasteiger partial charge in [0, 0.05) is 16.2 Å². The lowest BCUT2D eigenvalue weighted by Gasteiger charge is -2.17. The molecule has 0 aliphatic carbocycles. The van der Waals surface area contributed by atoms with Crippen LogP contribution in [0.15, 0.2) is 102 Å².